The van der Waals surface area contributed by atoms with Crippen LogP contribution in [0.3, 0.4) is 0 Å². The average molecular weight is 489 g/mol. The van der Waals surface area contributed by atoms with Gasteiger partial charge in [-0.3, -0.25) is 9.59 Å². The highest BCUT2D eigenvalue weighted by Crippen LogP contribution is 2.27. The third-order valence-electron chi connectivity index (χ3n) is 5.02. The number of benzene rings is 2. The normalized spacial score (nSPS) is 15.4. The van der Waals surface area contributed by atoms with Crippen LogP contribution in [0, 0.1) is 0 Å². The molecule has 0 spiro atoms. The summed E-state index contributed by atoms with van der Waals surface area (Å²) in [6.07, 6.45) is 1.18. The van der Waals surface area contributed by atoms with Crippen LogP contribution < -0.4 is 10.1 Å². The second-order valence-electron chi connectivity index (χ2n) is 7.16. The highest BCUT2D eigenvalue weighted by molar-refractivity contribution is 7.12. The molecule has 1 aliphatic rings. The number of hydrogen-bond acceptors (Lipinski definition) is 5. The van der Waals surface area contributed by atoms with Crippen molar-refractivity contribution < 1.29 is 19.1 Å². The minimum absolute atomic E-state index is 0.204. The van der Waals surface area contributed by atoms with E-state index in [1.54, 1.807) is 48.5 Å². The molecule has 0 aliphatic carbocycles. The van der Waals surface area contributed by atoms with E-state index >= 15 is 0 Å². The Bertz CT molecular complexity index is 1150. The standard InChI is InChI=1S/C23H18Cl2N2O4S/c24-14-5-10-18(25)17(13-14)22(29)27-11-1-3-19(27)23(30)31-16-8-6-15(7-9-16)26-21(28)20-4-2-12-32-20/h2,4-10,12-13,19H,1,3,11H2,(H,26,28). The summed E-state index contributed by atoms with van der Waals surface area (Å²) in [5.41, 5.74) is 0.834. The van der Waals surface area contributed by atoms with Crippen LogP contribution in [0.5, 0.6) is 5.75 Å². The fraction of sp³-hybridized carbons (Fsp3) is 0.174. The Kier molecular flexibility index (Phi) is 6.79. The van der Waals surface area contributed by atoms with Crippen molar-refractivity contribution in [2.45, 2.75) is 18.9 Å². The third-order valence-corrected chi connectivity index (χ3v) is 6.45. The fourth-order valence-corrected chi connectivity index (χ4v) is 4.45. The number of esters is 1. The number of halogens is 2. The molecule has 4 rings (SSSR count). The molecule has 0 saturated carbocycles. The first-order valence-corrected chi connectivity index (χ1v) is 11.5. The van der Waals surface area contributed by atoms with Gasteiger partial charge in [-0.1, -0.05) is 29.3 Å². The van der Waals surface area contributed by atoms with E-state index in [9.17, 15) is 14.4 Å². The van der Waals surface area contributed by atoms with Crippen molar-refractivity contribution in [1.29, 1.82) is 0 Å². The molecule has 1 aromatic heterocycles. The van der Waals surface area contributed by atoms with Crippen molar-refractivity contribution in [3.8, 4) is 5.75 Å². The molecule has 3 aromatic rings. The summed E-state index contributed by atoms with van der Waals surface area (Å²) in [7, 11) is 0. The number of nitrogens with one attached hydrogen (secondary N) is 1. The maximum atomic E-state index is 13.0. The molecule has 32 heavy (non-hydrogen) atoms. The van der Waals surface area contributed by atoms with Crippen LogP contribution in [0.1, 0.15) is 32.9 Å². The summed E-state index contributed by atoms with van der Waals surface area (Å²) in [5.74, 6) is -0.762. The van der Waals surface area contributed by atoms with Gasteiger partial charge in [0.2, 0.25) is 0 Å². The predicted octanol–water partition coefficient (Wildman–Crippen LogP) is 5.52. The fourth-order valence-electron chi connectivity index (χ4n) is 3.46. The van der Waals surface area contributed by atoms with Crippen molar-refractivity contribution in [3.05, 3.63) is 80.5 Å². The van der Waals surface area contributed by atoms with Crippen molar-refractivity contribution in [1.82, 2.24) is 4.90 Å². The zero-order chi connectivity index (χ0) is 22.7. The molecule has 1 N–H and O–H groups in total. The van der Waals surface area contributed by atoms with Gasteiger partial charge in [-0.25, -0.2) is 4.79 Å². The summed E-state index contributed by atoms with van der Waals surface area (Å²) in [6, 6.07) is 14.0. The molecule has 1 atom stereocenters. The van der Waals surface area contributed by atoms with Crippen LogP contribution in [0.15, 0.2) is 60.0 Å². The number of hydrogen-bond donors (Lipinski definition) is 1. The Morgan fingerprint density at radius 2 is 1.84 bits per heavy atom. The van der Waals surface area contributed by atoms with Gasteiger partial charge >= 0.3 is 5.97 Å². The van der Waals surface area contributed by atoms with Gasteiger partial charge in [0.25, 0.3) is 11.8 Å². The van der Waals surface area contributed by atoms with Crippen LogP contribution in [0.4, 0.5) is 5.69 Å². The molecule has 2 aromatic carbocycles. The SMILES string of the molecule is O=C(Nc1ccc(OC(=O)C2CCCN2C(=O)c2cc(Cl)ccc2Cl)cc1)c1cccs1. The molecule has 1 saturated heterocycles. The Balaban J connectivity index is 1.41. The van der Waals surface area contributed by atoms with Gasteiger partial charge in [-0.2, -0.15) is 0 Å². The second-order valence-corrected chi connectivity index (χ2v) is 8.95. The Labute approximate surface area is 198 Å². The van der Waals surface area contributed by atoms with Gasteiger partial charge in [-0.15, -0.1) is 11.3 Å². The lowest BCUT2D eigenvalue weighted by molar-refractivity contribution is -0.138. The van der Waals surface area contributed by atoms with E-state index in [4.69, 9.17) is 27.9 Å². The van der Waals surface area contributed by atoms with Crippen molar-refractivity contribution in [3.63, 3.8) is 0 Å². The molecule has 0 bridgehead atoms. The number of anilines is 1. The minimum atomic E-state index is -0.712. The molecular formula is C23H18Cl2N2O4S. The van der Waals surface area contributed by atoms with E-state index in [1.807, 2.05) is 5.38 Å². The molecule has 1 aliphatic heterocycles. The second kappa shape index (κ2) is 9.73. The molecule has 164 valence electrons. The molecule has 6 nitrogen and oxygen atoms in total. The summed E-state index contributed by atoms with van der Waals surface area (Å²) >= 11 is 13.5. The quantitative estimate of drug-likeness (QED) is 0.379. The summed E-state index contributed by atoms with van der Waals surface area (Å²) in [4.78, 5) is 40.0. The first-order valence-electron chi connectivity index (χ1n) is 9.85. The van der Waals surface area contributed by atoms with E-state index in [0.717, 1.165) is 0 Å². The number of nitrogens with zero attached hydrogens (tertiary/aromatic N) is 1. The topological polar surface area (TPSA) is 75.7 Å². The Morgan fingerprint density at radius 3 is 2.56 bits per heavy atom. The third kappa shape index (κ3) is 4.96. The number of amides is 2. The van der Waals surface area contributed by atoms with Gasteiger partial charge < -0.3 is 15.0 Å². The van der Waals surface area contributed by atoms with Crippen LogP contribution in [0.25, 0.3) is 0 Å². The summed E-state index contributed by atoms with van der Waals surface area (Å²) in [6.45, 7) is 0.426. The lowest BCUT2D eigenvalue weighted by Crippen LogP contribution is -2.42. The van der Waals surface area contributed by atoms with Crippen LogP contribution in [0.2, 0.25) is 10.0 Å². The van der Waals surface area contributed by atoms with E-state index in [2.05, 4.69) is 5.32 Å². The largest absolute Gasteiger partial charge is 0.425 e. The van der Waals surface area contributed by atoms with Gasteiger partial charge in [0, 0.05) is 17.3 Å². The molecule has 2 amide bonds. The number of likely N-dealkylation sites (tertiary alicyclic amines) is 1. The van der Waals surface area contributed by atoms with Gasteiger partial charge in [-0.05, 0) is 66.8 Å². The average Bonchev–Trinajstić information content (AvgIpc) is 3.48. The van der Waals surface area contributed by atoms with E-state index < -0.39 is 12.0 Å². The van der Waals surface area contributed by atoms with Crippen molar-refractivity contribution >= 4 is 58.0 Å². The maximum absolute atomic E-state index is 13.0. The van der Waals surface area contributed by atoms with Crippen molar-refractivity contribution in [2.75, 3.05) is 11.9 Å². The van der Waals surface area contributed by atoms with Gasteiger partial charge in [0.15, 0.2) is 0 Å². The van der Waals surface area contributed by atoms with E-state index in [0.29, 0.717) is 40.7 Å². The predicted molar refractivity (Wildman–Crippen MR) is 125 cm³/mol. The maximum Gasteiger partial charge on any atom is 0.334 e. The number of carbonyl (C=O) groups is 3. The van der Waals surface area contributed by atoms with Gasteiger partial charge in [0.1, 0.15) is 11.8 Å². The highest BCUT2D eigenvalue weighted by Gasteiger charge is 2.36. The molecule has 2 heterocycles. The molecule has 1 fully saturated rings. The molecule has 1 unspecified atom stereocenters. The van der Waals surface area contributed by atoms with Crippen LogP contribution >= 0.6 is 34.5 Å². The van der Waals surface area contributed by atoms with E-state index in [1.165, 1.54) is 22.3 Å². The number of carbonyl (C=O) groups excluding carboxylic acids is 3. The first kappa shape index (κ1) is 22.3. The molecule has 9 heteroatoms. The Hall–Kier alpha value is -2.87. The number of ether oxygens (including phenoxy) is 1. The van der Waals surface area contributed by atoms with Crippen molar-refractivity contribution in [2.24, 2.45) is 0 Å². The van der Waals surface area contributed by atoms with Crippen LogP contribution in [-0.4, -0.2) is 35.3 Å². The summed E-state index contributed by atoms with van der Waals surface area (Å²) < 4.78 is 5.50. The lowest BCUT2D eigenvalue weighted by atomic mass is 10.1. The van der Waals surface area contributed by atoms with E-state index in [-0.39, 0.29) is 22.4 Å². The smallest absolute Gasteiger partial charge is 0.334 e. The minimum Gasteiger partial charge on any atom is -0.425 e. The highest BCUT2D eigenvalue weighted by atomic mass is 35.5. The Morgan fingerprint density at radius 1 is 1.06 bits per heavy atom. The van der Waals surface area contributed by atoms with Gasteiger partial charge in [0.05, 0.1) is 15.5 Å². The molecule has 0 radical (unpaired) electrons. The molecular weight excluding hydrogens is 471 g/mol. The number of thiophene rings is 1. The lowest BCUT2D eigenvalue weighted by Gasteiger charge is -2.23. The van der Waals surface area contributed by atoms with Crippen LogP contribution in [-0.2, 0) is 4.79 Å². The first-order chi connectivity index (χ1) is 15.4. The zero-order valence-corrected chi connectivity index (χ0v) is 19.0. The number of rotatable bonds is 5. The zero-order valence-electron chi connectivity index (χ0n) is 16.7. The summed E-state index contributed by atoms with van der Waals surface area (Å²) in [5, 5.41) is 5.28. The monoisotopic (exact) mass is 488 g/mol.